The highest BCUT2D eigenvalue weighted by Crippen LogP contribution is 2.18. The lowest BCUT2D eigenvalue weighted by atomic mass is 10.2. The molecule has 2 N–H and O–H groups in total. The molecule has 3 aromatic rings. The maximum atomic E-state index is 12.3. The van der Waals surface area contributed by atoms with Crippen molar-refractivity contribution in [1.82, 2.24) is 0 Å². The van der Waals surface area contributed by atoms with Crippen LogP contribution in [0.15, 0.2) is 69.8 Å². The van der Waals surface area contributed by atoms with E-state index in [4.69, 9.17) is 9.15 Å². The molecule has 0 saturated heterocycles. The number of rotatable bonds is 5. The molecule has 0 unspecified atom stereocenters. The van der Waals surface area contributed by atoms with Crippen LogP contribution in [-0.2, 0) is 0 Å². The molecule has 0 fully saturated rings. The van der Waals surface area contributed by atoms with Crippen molar-refractivity contribution in [2.45, 2.75) is 0 Å². The van der Waals surface area contributed by atoms with Gasteiger partial charge in [-0.3, -0.25) is 9.59 Å². The van der Waals surface area contributed by atoms with Crippen molar-refractivity contribution < 1.29 is 18.7 Å². The predicted octanol–water partition coefficient (Wildman–Crippen LogP) is 4.56. The Morgan fingerprint density at radius 1 is 0.846 bits per heavy atom. The van der Waals surface area contributed by atoms with E-state index in [1.165, 1.54) is 0 Å². The molecule has 26 heavy (non-hydrogen) atoms. The van der Waals surface area contributed by atoms with Crippen LogP contribution in [0.2, 0.25) is 0 Å². The van der Waals surface area contributed by atoms with E-state index in [0.717, 1.165) is 0 Å². The Kier molecular flexibility index (Phi) is 5.38. The van der Waals surface area contributed by atoms with Gasteiger partial charge < -0.3 is 19.8 Å². The molecule has 0 radical (unpaired) electrons. The first-order valence-corrected chi connectivity index (χ1v) is 8.46. The molecule has 0 saturated carbocycles. The normalized spacial score (nSPS) is 10.2. The summed E-state index contributed by atoms with van der Waals surface area (Å²) in [7, 11) is 1.58. The average molecular weight is 415 g/mol. The fourth-order valence-corrected chi connectivity index (χ4v) is 2.52. The first-order valence-electron chi connectivity index (χ1n) is 7.67. The summed E-state index contributed by atoms with van der Waals surface area (Å²) >= 11 is 3.15. The minimum Gasteiger partial charge on any atom is -0.497 e. The maximum Gasteiger partial charge on any atom is 0.291 e. The van der Waals surface area contributed by atoms with Gasteiger partial charge in [0, 0.05) is 16.9 Å². The molecule has 0 aliphatic rings. The van der Waals surface area contributed by atoms with Gasteiger partial charge in [-0.15, -0.1) is 0 Å². The van der Waals surface area contributed by atoms with E-state index in [0.29, 0.717) is 27.4 Å². The van der Waals surface area contributed by atoms with Gasteiger partial charge in [-0.2, -0.15) is 0 Å². The molecule has 0 aliphatic heterocycles. The molecule has 1 aromatic heterocycles. The van der Waals surface area contributed by atoms with Crippen LogP contribution in [0, 0.1) is 0 Å². The monoisotopic (exact) mass is 414 g/mol. The number of amides is 2. The number of anilines is 2. The Hall–Kier alpha value is -3.06. The number of carbonyl (C=O) groups excluding carboxylic acids is 2. The quantitative estimate of drug-likeness (QED) is 0.641. The summed E-state index contributed by atoms with van der Waals surface area (Å²) in [4.78, 5) is 24.3. The van der Waals surface area contributed by atoms with Crippen molar-refractivity contribution in [1.29, 1.82) is 0 Å². The molecule has 0 aliphatic carbocycles. The zero-order valence-electron chi connectivity index (χ0n) is 13.8. The van der Waals surface area contributed by atoms with Crippen LogP contribution in [-0.4, -0.2) is 18.9 Å². The van der Waals surface area contributed by atoms with Gasteiger partial charge in [-0.25, -0.2) is 0 Å². The van der Waals surface area contributed by atoms with Gasteiger partial charge in [0.25, 0.3) is 11.8 Å². The van der Waals surface area contributed by atoms with Gasteiger partial charge in [-0.1, -0.05) is 0 Å². The number of carbonyl (C=O) groups is 2. The van der Waals surface area contributed by atoms with Crippen LogP contribution in [0.5, 0.6) is 5.75 Å². The highest BCUT2D eigenvalue weighted by Gasteiger charge is 2.11. The van der Waals surface area contributed by atoms with E-state index >= 15 is 0 Å². The van der Waals surface area contributed by atoms with Crippen molar-refractivity contribution in [3.63, 3.8) is 0 Å². The fraction of sp³-hybridized carbons (Fsp3) is 0.0526. The minimum absolute atomic E-state index is 0.193. The van der Waals surface area contributed by atoms with Crippen molar-refractivity contribution >= 4 is 39.1 Å². The third-order valence-electron chi connectivity index (χ3n) is 3.55. The van der Waals surface area contributed by atoms with E-state index in [-0.39, 0.29) is 17.6 Å². The Morgan fingerprint density at radius 2 is 1.42 bits per heavy atom. The molecule has 6 nitrogen and oxygen atoms in total. The smallest absolute Gasteiger partial charge is 0.291 e. The molecule has 2 aromatic carbocycles. The van der Waals surface area contributed by atoms with E-state index in [1.807, 2.05) is 0 Å². The van der Waals surface area contributed by atoms with Crippen LogP contribution >= 0.6 is 15.9 Å². The van der Waals surface area contributed by atoms with Gasteiger partial charge in [0.15, 0.2) is 10.4 Å². The third kappa shape index (κ3) is 4.31. The molecule has 3 rings (SSSR count). The fourth-order valence-electron chi connectivity index (χ4n) is 2.21. The molecule has 0 bridgehead atoms. The zero-order valence-corrected chi connectivity index (χ0v) is 15.4. The van der Waals surface area contributed by atoms with Gasteiger partial charge in [0.05, 0.1) is 7.11 Å². The topological polar surface area (TPSA) is 80.6 Å². The van der Waals surface area contributed by atoms with Crippen LogP contribution in [0.4, 0.5) is 11.4 Å². The molecule has 2 amide bonds. The summed E-state index contributed by atoms with van der Waals surface area (Å²) < 4.78 is 10.8. The second-order valence-corrected chi connectivity index (χ2v) is 6.10. The molecule has 7 heteroatoms. The Morgan fingerprint density at radius 3 is 1.96 bits per heavy atom. The van der Waals surface area contributed by atoms with Gasteiger partial charge >= 0.3 is 0 Å². The number of hydrogen-bond donors (Lipinski definition) is 2. The summed E-state index contributed by atoms with van der Waals surface area (Å²) in [6.45, 7) is 0. The summed E-state index contributed by atoms with van der Waals surface area (Å²) in [5, 5.41) is 5.50. The Labute approximate surface area is 158 Å². The minimum atomic E-state index is -0.369. The van der Waals surface area contributed by atoms with Crippen LogP contribution in [0.1, 0.15) is 20.9 Å². The summed E-state index contributed by atoms with van der Waals surface area (Å²) in [5.41, 5.74) is 1.69. The third-order valence-corrected chi connectivity index (χ3v) is 3.98. The number of ether oxygens (including phenoxy) is 1. The number of methoxy groups -OCH3 is 1. The second kappa shape index (κ2) is 7.88. The number of furan rings is 1. The lowest BCUT2D eigenvalue weighted by molar-refractivity contribution is 0.0994. The van der Waals surface area contributed by atoms with Crippen LogP contribution < -0.4 is 15.4 Å². The van der Waals surface area contributed by atoms with Crippen molar-refractivity contribution in [2.24, 2.45) is 0 Å². The van der Waals surface area contributed by atoms with E-state index < -0.39 is 0 Å². The summed E-state index contributed by atoms with van der Waals surface area (Å²) in [6.07, 6.45) is 0. The zero-order chi connectivity index (χ0) is 18.5. The lowest BCUT2D eigenvalue weighted by Gasteiger charge is -2.08. The van der Waals surface area contributed by atoms with Gasteiger partial charge in [0.2, 0.25) is 0 Å². The molecule has 0 spiro atoms. The van der Waals surface area contributed by atoms with Crippen LogP contribution in [0.25, 0.3) is 0 Å². The maximum absolute atomic E-state index is 12.3. The Balaban J connectivity index is 1.62. The number of nitrogens with one attached hydrogen (secondary N) is 2. The van der Waals surface area contributed by atoms with Gasteiger partial charge in [-0.05, 0) is 76.6 Å². The highest BCUT2D eigenvalue weighted by atomic mass is 79.9. The standard InChI is InChI=1S/C19H15BrN2O4/c1-25-15-8-6-14(7-9-15)21-18(23)12-2-4-13(5-3-12)22-19(24)16-10-11-17(20)26-16/h2-11H,1H3,(H,21,23)(H,22,24). The average Bonchev–Trinajstić information content (AvgIpc) is 3.09. The first-order chi connectivity index (χ1) is 12.5. The van der Waals surface area contributed by atoms with Crippen molar-refractivity contribution in [3.8, 4) is 5.75 Å². The highest BCUT2D eigenvalue weighted by molar-refractivity contribution is 9.10. The number of halogens is 1. The molecule has 132 valence electrons. The van der Waals surface area contributed by atoms with Crippen molar-refractivity contribution in [2.75, 3.05) is 17.7 Å². The molecular weight excluding hydrogens is 400 g/mol. The lowest BCUT2D eigenvalue weighted by Crippen LogP contribution is -2.13. The molecular formula is C19H15BrN2O4. The SMILES string of the molecule is COc1ccc(NC(=O)c2ccc(NC(=O)c3ccc(Br)o3)cc2)cc1. The summed E-state index contributed by atoms with van der Waals surface area (Å²) in [5.74, 6) is 0.291. The Bertz CT molecular complexity index is 917. The van der Waals surface area contributed by atoms with E-state index in [2.05, 4.69) is 26.6 Å². The largest absolute Gasteiger partial charge is 0.497 e. The summed E-state index contributed by atoms with van der Waals surface area (Å²) in [6, 6.07) is 16.8. The van der Waals surface area contributed by atoms with E-state index in [9.17, 15) is 9.59 Å². The number of benzene rings is 2. The molecule has 1 heterocycles. The number of hydrogen-bond acceptors (Lipinski definition) is 4. The second-order valence-electron chi connectivity index (χ2n) is 5.32. The first kappa shape index (κ1) is 17.8. The van der Waals surface area contributed by atoms with Gasteiger partial charge in [0.1, 0.15) is 5.75 Å². The molecule has 0 atom stereocenters. The predicted molar refractivity (Wildman–Crippen MR) is 102 cm³/mol. The van der Waals surface area contributed by atoms with E-state index in [1.54, 1.807) is 67.8 Å². The van der Waals surface area contributed by atoms with Crippen LogP contribution in [0.3, 0.4) is 0 Å². The van der Waals surface area contributed by atoms with Crippen molar-refractivity contribution in [3.05, 3.63) is 76.7 Å².